The second-order valence-corrected chi connectivity index (χ2v) is 6.13. The number of aryl methyl sites for hydroxylation is 1. The Morgan fingerprint density at radius 1 is 1.07 bits per heavy atom. The Morgan fingerprint density at radius 3 is 2.67 bits per heavy atom. The highest BCUT2D eigenvalue weighted by Crippen LogP contribution is 2.32. The number of ether oxygens (including phenoxy) is 1. The van der Waals surface area contributed by atoms with E-state index in [0.717, 1.165) is 12.0 Å². The van der Waals surface area contributed by atoms with E-state index >= 15 is 0 Å². The van der Waals surface area contributed by atoms with Crippen molar-refractivity contribution in [1.82, 2.24) is 0 Å². The van der Waals surface area contributed by atoms with Gasteiger partial charge in [0.1, 0.15) is 18.0 Å². The summed E-state index contributed by atoms with van der Waals surface area (Å²) < 4.78 is 31.0. The van der Waals surface area contributed by atoms with Gasteiger partial charge in [0.25, 0.3) is 0 Å². The van der Waals surface area contributed by atoms with Crippen LogP contribution in [0.1, 0.15) is 18.1 Å². The van der Waals surface area contributed by atoms with Crippen LogP contribution in [0.2, 0.25) is 0 Å². The molecule has 2 heterocycles. The summed E-state index contributed by atoms with van der Waals surface area (Å²) in [5, 5.41) is 0.424. The molecule has 0 atom stereocenters. The average Bonchev–Trinajstić information content (AvgIpc) is 3.22. The summed E-state index contributed by atoms with van der Waals surface area (Å²) in [4.78, 5) is 13.1. The molecule has 0 saturated carbocycles. The topological polar surface area (TPSA) is 52.6 Å². The molecule has 2 aromatic heterocycles. The fourth-order valence-corrected chi connectivity index (χ4v) is 2.91. The van der Waals surface area contributed by atoms with E-state index in [-0.39, 0.29) is 23.5 Å². The highest BCUT2D eigenvalue weighted by molar-refractivity contribution is 5.81. The summed E-state index contributed by atoms with van der Waals surface area (Å²) in [5.41, 5.74) is 1.50. The van der Waals surface area contributed by atoms with Crippen LogP contribution in [0.3, 0.4) is 0 Å². The summed E-state index contributed by atoms with van der Waals surface area (Å²) in [7, 11) is 0. The van der Waals surface area contributed by atoms with Gasteiger partial charge in [-0.2, -0.15) is 0 Å². The quantitative estimate of drug-likeness (QED) is 0.480. The maximum atomic E-state index is 13.9. The Bertz CT molecular complexity index is 1140. The smallest absolute Gasteiger partial charge is 0.235 e. The zero-order chi connectivity index (χ0) is 18.8. The van der Waals surface area contributed by atoms with E-state index < -0.39 is 5.82 Å². The van der Waals surface area contributed by atoms with Crippen LogP contribution in [-0.2, 0) is 13.0 Å². The molecule has 0 bridgehead atoms. The molecular weight excluding hydrogens is 347 g/mol. The molecule has 0 unspecified atom stereocenters. The fraction of sp³-hybridized carbons (Fsp3) is 0.136. The van der Waals surface area contributed by atoms with E-state index in [2.05, 4.69) is 0 Å². The van der Waals surface area contributed by atoms with Crippen molar-refractivity contribution in [2.75, 3.05) is 0 Å². The molecular formula is C22H17FO4. The van der Waals surface area contributed by atoms with Crippen LogP contribution >= 0.6 is 0 Å². The lowest BCUT2D eigenvalue weighted by atomic mass is 10.1. The first-order chi connectivity index (χ1) is 13.2. The SMILES string of the molecule is CCc1ccc2oc(-c3ccco3)c(OCc3ccccc3F)c(=O)c2c1. The standard InChI is InChI=1S/C22H17FO4/c1-2-14-9-10-18-16(12-14)20(24)22(21(27-18)19-8-5-11-25-19)26-13-15-6-3-4-7-17(15)23/h3-12H,2,13H2,1H3. The van der Waals surface area contributed by atoms with Gasteiger partial charge in [-0.15, -0.1) is 0 Å². The zero-order valence-electron chi connectivity index (χ0n) is 14.7. The number of halogens is 1. The Labute approximate surface area is 154 Å². The van der Waals surface area contributed by atoms with Crippen molar-refractivity contribution in [1.29, 1.82) is 0 Å². The molecule has 27 heavy (non-hydrogen) atoms. The number of fused-ring (bicyclic) bond motifs is 1. The Morgan fingerprint density at radius 2 is 1.93 bits per heavy atom. The van der Waals surface area contributed by atoms with Gasteiger partial charge in [0.2, 0.25) is 16.9 Å². The van der Waals surface area contributed by atoms with Crippen LogP contribution in [0.4, 0.5) is 4.39 Å². The van der Waals surface area contributed by atoms with E-state index in [0.29, 0.717) is 22.3 Å². The van der Waals surface area contributed by atoms with E-state index in [1.54, 1.807) is 42.5 Å². The minimum absolute atomic E-state index is 0.00829. The molecule has 0 fully saturated rings. The maximum Gasteiger partial charge on any atom is 0.235 e. The van der Waals surface area contributed by atoms with Crippen molar-refractivity contribution >= 4 is 11.0 Å². The number of benzene rings is 2. The number of hydrogen-bond donors (Lipinski definition) is 0. The molecule has 0 aliphatic carbocycles. The Hall–Kier alpha value is -3.34. The van der Waals surface area contributed by atoms with Gasteiger partial charge in [-0.1, -0.05) is 31.2 Å². The summed E-state index contributed by atoms with van der Waals surface area (Å²) in [5.74, 6) is 0.180. The van der Waals surface area contributed by atoms with E-state index in [1.807, 2.05) is 13.0 Å². The first kappa shape index (κ1) is 17.1. The molecule has 4 rings (SSSR count). The van der Waals surface area contributed by atoms with Crippen LogP contribution in [0.25, 0.3) is 22.5 Å². The predicted molar refractivity (Wildman–Crippen MR) is 100 cm³/mol. The predicted octanol–water partition coefficient (Wildman–Crippen LogP) is 5.33. The molecule has 0 saturated heterocycles. The molecule has 4 aromatic rings. The van der Waals surface area contributed by atoms with Crippen molar-refractivity contribution in [3.8, 4) is 17.3 Å². The largest absolute Gasteiger partial charge is 0.481 e. The van der Waals surface area contributed by atoms with Crippen molar-refractivity contribution in [3.05, 3.63) is 88.0 Å². The molecule has 0 amide bonds. The van der Waals surface area contributed by atoms with Crippen molar-refractivity contribution < 1.29 is 18.0 Å². The van der Waals surface area contributed by atoms with Gasteiger partial charge in [-0.25, -0.2) is 4.39 Å². The molecule has 2 aromatic carbocycles. The first-order valence-electron chi connectivity index (χ1n) is 8.67. The van der Waals surface area contributed by atoms with E-state index in [4.69, 9.17) is 13.6 Å². The van der Waals surface area contributed by atoms with Gasteiger partial charge in [0, 0.05) is 5.56 Å². The van der Waals surface area contributed by atoms with Crippen LogP contribution < -0.4 is 10.2 Å². The van der Waals surface area contributed by atoms with Gasteiger partial charge >= 0.3 is 0 Å². The maximum absolute atomic E-state index is 13.9. The third kappa shape index (κ3) is 3.24. The van der Waals surface area contributed by atoms with Gasteiger partial charge in [-0.05, 0) is 42.3 Å². The third-order valence-electron chi connectivity index (χ3n) is 4.40. The van der Waals surface area contributed by atoms with Gasteiger partial charge in [0.05, 0.1) is 11.6 Å². The molecule has 0 spiro atoms. The summed E-state index contributed by atoms with van der Waals surface area (Å²) in [6, 6.07) is 15.1. The molecule has 136 valence electrons. The highest BCUT2D eigenvalue weighted by Gasteiger charge is 2.20. The molecule has 0 radical (unpaired) electrons. The van der Waals surface area contributed by atoms with E-state index in [1.165, 1.54) is 12.3 Å². The second-order valence-electron chi connectivity index (χ2n) is 6.13. The van der Waals surface area contributed by atoms with Crippen molar-refractivity contribution in [2.24, 2.45) is 0 Å². The molecule has 0 aliphatic heterocycles. The second kappa shape index (κ2) is 7.11. The lowest BCUT2D eigenvalue weighted by Crippen LogP contribution is -2.11. The van der Waals surface area contributed by atoms with Crippen LogP contribution in [0.5, 0.6) is 5.75 Å². The number of furan rings is 1. The van der Waals surface area contributed by atoms with Crippen molar-refractivity contribution in [2.45, 2.75) is 20.0 Å². The van der Waals surface area contributed by atoms with Crippen LogP contribution in [-0.4, -0.2) is 0 Å². The van der Waals surface area contributed by atoms with Gasteiger partial charge in [-0.3, -0.25) is 4.79 Å². The fourth-order valence-electron chi connectivity index (χ4n) is 2.91. The summed E-state index contributed by atoms with van der Waals surface area (Å²) >= 11 is 0. The minimum atomic E-state index is -0.393. The van der Waals surface area contributed by atoms with Crippen molar-refractivity contribution in [3.63, 3.8) is 0 Å². The Balaban J connectivity index is 1.85. The lowest BCUT2D eigenvalue weighted by Gasteiger charge is -2.11. The first-order valence-corrected chi connectivity index (χ1v) is 8.67. The Kier molecular flexibility index (Phi) is 4.50. The third-order valence-corrected chi connectivity index (χ3v) is 4.40. The lowest BCUT2D eigenvalue weighted by molar-refractivity contribution is 0.290. The summed E-state index contributed by atoms with van der Waals surface area (Å²) in [6.45, 7) is 1.92. The molecule has 5 heteroatoms. The summed E-state index contributed by atoms with van der Waals surface area (Å²) in [6.07, 6.45) is 2.28. The molecule has 4 nitrogen and oxygen atoms in total. The monoisotopic (exact) mass is 364 g/mol. The van der Waals surface area contributed by atoms with Gasteiger partial charge < -0.3 is 13.6 Å². The van der Waals surface area contributed by atoms with Crippen LogP contribution in [0.15, 0.2) is 74.5 Å². The molecule has 0 N–H and O–H groups in total. The highest BCUT2D eigenvalue weighted by atomic mass is 19.1. The van der Waals surface area contributed by atoms with Gasteiger partial charge in [0.15, 0.2) is 5.76 Å². The minimum Gasteiger partial charge on any atom is -0.481 e. The normalized spacial score (nSPS) is 11.0. The zero-order valence-corrected chi connectivity index (χ0v) is 14.7. The van der Waals surface area contributed by atoms with Crippen LogP contribution in [0, 0.1) is 5.82 Å². The molecule has 0 aliphatic rings. The number of hydrogen-bond acceptors (Lipinski definition) is 4. The number of rotatable bonds is 5. The van der Waals surface area contributed by atoms with E-state index in [9.17, 15) is 9.18 Å². The average molecular weight is 364 g/mol.